The van der Waals surface area contributed by atoms with E-state index in [9.17, 15) is 9.59 Å². The number of nitrogens with zero attached hydrogens (tertiary/aromatic N) is 1. The highest BCUT2D eigenvalue weighted by atomic mass is 28.4. The number of nitrogens with one attached hydrogen (secondary N) is 1. The van der Waals surface area contributed by atoms with Crippen LogP contribution in [0.5, 0.6) is 0 Å². The molecule has 0 spiro atoms. The molecule has 1 amide bonds. The fraction of sp³-hybridized carbons (Fsp3) is 0.429. The Bertz CT molecular complexity index is 1320. The minimum atomic E-state index is -2.94. The van der Waals surface area contributed by atoms with Crippen molar-refractivity contribution in [3.63, 3.8) is 0 Å². The predicted molar refractivity (Wildman–Crippen MR) is 174 cm³/mol. The number of carbonyl (C=O) groups is 2. The second-order valence-electron chi connectivity index (χ2n) is 13.2. The van der Waals surface area contributed by atoms with Crippen molar-refractivity contribution in [3.05, 3.63) is 96.6 Å². The number of amides is 1. The van der Waals surface area contributed by atoms with E-state index in [0.29, 0.717) is 13.0 Å². The summed E-state index contributed by atoms with van der Waals surface area (Å²) in [5, 5.41) is 6.91. The summed E-state index contributed by atoms with van der Waals surface area (Å²) < 4.78 is 18.5. The summed E-state index contributed by atoms with van der Waals surface area (Å²) in [6, 6.07) is 29.7. The van der Waals surface area contributed by atoms with Crippen LogP contribution in [0.3, 0.4) is 0 Å². The van der Waals surface area contributed by atoms with Crippen molar-refractivity contribution in [2.24, 2.45) is 0 Å². The molecule has 1 aliphatic heterocycles. The first-order chi connectivity index (χ1) is 20.8. The van der Waals surface area contributed by atoms with Crippen molar-refractivity contribution in [1.82, 2.24) is 10.4 Å². The summed E-state index contributed by atoms with van der Waals surface area (Å²) in [5.41, 5.74) is 0.328. The second kappa shape index (κ2) is 14.1. The van der Waals surface area contributed by atoms with Gasteiger partial charge in [-0.3, -0.25) is 9.63 Å². The van der Waals surface area contributed by atoms with Crippen molar-refractivity contribution in [2.45, 2.75) is 90.4 Å². The van der Waals surface area contributed by atoms with E-state index in [0.717, 1.165) is 15.9 Å². The van der Waals surface area contributed by atoms with E-state index >= 15 is 0 Å². The average molecular weight is 619 g/mol. The van der Waals surface area contributed by atoms with Crippen LogP contribution in [-0.2, 0) is 30.1 Å². The molecule has 1 N–H and O–H groups in total. The van der Waals surface area contributed by atoms with Crippen LogP contribution in [0.1, 0.15) is 60.5 Å². The van der Waals surface area contributed by atoms with Crippen LogP contribution in [-0.4, -0.2) is 56.0 Å². The smallest absolute Gasteiger partial charge is 0.408 e. The Balaban J connectivity index is 1.75. The third-order valence-electron chi connectivity index (χ3n) is 7.60. The number of benzene rings is 3. The molecule has 0 saturated carbocycles. The molecule has 1 aliphatic rings. The van der Waals surface area contributed by atoms with Crippen LogP contribution in [0.25, 0.3) is 0 Å². The van der Waals surface area contributed by atoms with Gasteiger partial charge in [0.15, 0.2) is 0 Å². The third-order valence-corrected chi connectivity index (χ3v) is 12.6. The normalized spacial score (nSPS) is 18.4. The molecule has 9 heteroatoms. The van der Waals surface area contributed by atoms with Crippen LogP contribution in [0.15, 0.2) is 91.0 Å². The highest BCUT2D eigenvalue weighted by Gasteiger charge is 2.51. The lowest BCUT2D eigenvalue weighted by Gasteiger charge is -2.44. The maximum atomic E-state index is 13.3. The zero-order valence-corrected chi connectivity index (χ0v) is 27.9. The maximum absolute atomic E-state index is 13.3. The molecule has 3 aromatic carbocycles. The zero-order chi connectivity index (χ0) is 32.0. The van der Waals surface area contributed by atoms with E-state index in [-0.39, 0.29) is 17.7 Å². The Labute approximate surface area is 262 Å². The fourth-order valence-electron chi connectivity index (χ4n) is 5.81. The molecular formula is C35H46N2O6Si. The van der Waals surface area contributed by atoms with Gasteiger partial charge < -0.3 is 19.2 Å². The minimum absolute atomic E-state index is 0.179. The Morgan fingerprint density at radius 1 is 0.886 bits per heavy atom. The minimum Gasteiger partial charge on any atom is -0.444 e. The van der Waals surface area contributed by atoms with E-state index in [4.69, 9.17) is 18.7 Å². The number of hydroxylamine groups is 2. The average Bonchev–Trinajstić information content (AvgIpc) is 3.33. The highest BCUT2D eigenvalue weighted by Crippen LogP contribution is 2.37. The molecule has 8 nitrogen and oxygen atoms in total. The molecule has 3 aromatic rings. The lowest BCUT2D eigenvalue weighted by molar-refractivity contribution is -0.240. The third kappa shape index (κ3) is 8.35. The summed E-state index contributed by atoms with van der Waals surface area (Å²) in [5.74, 6) is -0.435. The van der Waals surface area contributed by atoms with Gasteiger partial charge in [0.2, 0.25) is 6.29 Å². The monoisotopic (exact) mass is 618 g/mol. The van der Waals surface area contributed by atoms with Crippen molar-refractivity contribution >= 4 is 30.8 Å². The molecular weight excluding hydrogens is 572 g/mol. The molecule has 0 unspecified atom stereocenters. The van der Waals surface area contributed by atoms with Gasteiger partial charge >= 0.3 is 12.1 Å². The molecule has 1 heterocycles. The van der Waals surface area contributed by atoms with Crippen molar-refractivity contribution in [3.8, 4) is 0 Å². The van der Waals surface area contributed by atoms with E-state index < -0.39 is 38.3 Å². The summed E-state index contributed by atoms with van der Waals surface area (Å²) >= 11 is 0. The number of hydrogen-bond donors (Lipinski definition) is 1. The first-order valence-electron chi connectivity index (χ1n) is 15.2. The molecule has 236 valence electrons. The van der Waals surface area contributed by atoms with E-state index in [1.165, 1.54) is 6.92 Å². The van der Waals surface area contributed by atoms with Crippen molar-refractivity contribution < 1.29 is 28.3 Å². The summed E-state index contributed by atoms with van der Waals surface area (Å²) in [6.07, 6.45) is -1.00. The van der Waals surface area contributed by atoms with Gasteiger partial charge in [0, 0.05) is 19.9 Å². The first kappa shape index (κ1) is 33.4. The Kier molecular flexibility index (Phi) is 10.7. The molecule has 0 aliphatic carbocycles. The largest absolute Gasteiger partial charge is 0.444 e. The van der Waals surface area contributed by atoms with E-state index in [2.05, 4.69) is 50.4 Å². The molecule has 44 heavy (non-hydrogen) atoms. The SMILES string of the molecule is CC(=O)O[C@H]1C[C@@H]([C@H](CO[Si](c2ccccc2)(c2ccccc2)C(C)(C)C)NC(=O)OC(C)(C)C)N(Cc2ccccc2)O1. The number of rotatable bonds is 10. The maximum Gasteiger partial charge on any atom is 0.408 e. The van der Waals surface area contributed by atoms with Gasteiger partial charge in [-0.05, 0) is 41.7 Å². The van der Waals surface area contributed by atoms with Crippen LogP contribution in [0, 0.1) is 0 Å². The van der Waals surface area contributed by atoms with Gasteiger partial charge in [-0.2, -0.15) is 5.06 Å². The summed E-state index contributed by atoms with van der Waals surface area (Å²) in [6.45, 7) is 14.1. The number of ether oxygens (including phenoxy) is 2. The van der Waals surface area contributed by atoms with Gasteiger partial charge in [0.05, 0.1) is 18.7 Å². The van der Waals surface area contributed by atoms with Gasteiger partial charge in [0.1, 0.15) is 5.60 Å². The Hall–Kier alpha value is -3.50. The van der Waals surface area contributed by atoms with Gasteiger partial charge in [-0.1, -0.05) is 112 Å². The van der Waals surface area contributed by atoms with Crippen LogP contribution in [0.4, 0.5) is 4.79 Å². The predicted octanol–water partition coefficient (Wildman–Crippen LogP) is 5.55. The van der Waals surface area contributed by atoms with E-state index in [1.807, 2.05) is 87.5 Å². The first-order valence-corrected chi connectivity index (χ1v) is 17.1. The molecule has 1 saturated heterocycles. The lowest BCUT2D eigenvalue weighted by Crippen LogP contribution is -2.68. The lowest BCUT2D eigenvalue weighted by atomic mass is 10.1. The number of hydrogen-bond acceptors (Lipinski definition) is 7. The second-order valence-corrected chi connectivity index (χ2v) is 17.5. The fourth-order valence-corrected chi connectivity index (χ4v) is 10.4. The molecule has 4 rings (SSSR count). The van der Waals surface area contributed by atoms with Crippen LogP contribution < -0.4 is 15.7 Å². The van der Waals surface area contributed by atoms with Gasteiger partial charge in [-0.15, -0.1) is 0 Å². The number of alkyl carbamates (subject to hydrolysis) is 1. The van der Waals surface area contributed by atoms with Crippen molar-refractivity contribution in [2.75, 3.05) is 6.61 Å². The van der Waals surface area contributed by atoms with Crippen LogP contribution in [0.2, 0.25) is 5.04 Å². The summed E-state index contributed by atoms with van der Waals surface area (Å²) in [7, 11) is -2.94. The zero-order valence-electron chi connectivity index (χ0n) is 26.9. The Morgan fingerprint density at radius 3 is 1.89 bits per heavy atom. The molecule has 0 bridgehead atoms. The summed E-state index contributed by atoms with van der Waals surface area (Å²) in [4.78, 5) is 31.4. The quantitative estimate of drug-likeness (QED) is 0.236. The van der Waals surface area contributed by atoms with Gasteiger partial charge in [0.25, 0.3) is 8.32 Å². The van der Waals surface area contributed by atoms with Gasteiger partial charge in [-0.25, -0.2) is 4.79 Å². The van der Waals surface area contributed by atoms with Crippen molar-refractivity contribution in [1.29, 1.82) is 0 Å². The van der Waals surface area contributed by atoms with E-state index in [1.54, 1.807) is 5.06 Å². The molecule has 3 atom stereocenters. The molecule has 0 radical (unpaired) electrons. The topological polar surface area (TPSA) is 86.3 Å². The molecule has 0 aromatic heterocycles. The number of carbonyl (C=O) groups excluding carboxylic acids is 2. The highest BCUT2D eigenvalue weighted by molar-refractivity contribution is 6.99. The molecule has 1 fully saturated rings. The standard InChI is InChI=1S/C35H46N2O6Si/c1-26(38)41-32-23-31(37(43-32)24-27-17-11-8-12-18-27)30(36-33(39)42-34(2,3)4)25-40-44(35(5,6)7,28-19-13-9-14-20-28)29-21-15-10-16-22-29/h8-22,30-32H,23-25H2,1-7H3,(H,36,39)/t30-,31-,32+/m0/s1. The van der Waals surface area contributed by atoms with Crippen LogP contribution >= 0.6 is 0 Å². The Morgan fingerprint density at radius 2 is 1.41 bits per heavy atom. The number of esters is 1.